The zero-order valence-corrected chi connectivity index (χ0v) is 13.3. The van der Waals surface area contributed by atoms with Crippen molar-refractivity contribution in [3.8, 4) is 0 Å². The summed E-state index contributed by atoms with van der Waals surface area (Å²) in [6.07, 6.45) is 0.693. The lowest BCUT2D eigenvalue weighted by Crippen LogP contribution is -2.14. The third-order valence-electron chi connectivity index (χ3n) is 2.73. The maximum Gasteiger partial charge on any atom is 0.123 e. The molecule has 0 aliphatic carbocycles. The van der Waals surface area contributed by atoms with Gasteiger partial charge < -0.3 is 5.73 Å². The van der Waals surface area contributed by atoms with Gasteiger partial charge in [0.2, 0.25) is 0 Å². The highest BCUT2D eigenvalue weighted by atomic mass is 127. The highest BCUT2D eigenvalue weighted by molar-refractivity contribution is 14.1. The summed E-state index contributed by atoms with van der Waals surface area (Å²) >= 11 is 5.67. The lowest BCUT2D eigenvalue weighted by Gasteiger charge is -2.14. The van der Waals surface area contributed by atoms with E-state index in [0.717, 1.165) is 15.6 Å². The highest BCUT2D eigenvalue weighted by Gasteiger charge is 2.11. The topological polar surface area (TPSA) is 26.0 Å². The van der Waals surface area contributed by atoms with Crippen LogP contribution in [-0.2, 0) is 6.42 Å². The van der Waals surface area contributed by atoms with Gasteiger partial charge in [0.25, 0.3) is 0 Å². The standard InChI is InChI=1S/C14H12BrFIN/c15-13-6-3-10(16)8-12(13)14(18)7-9-1-4-11(17)5-2-9/h1-6,8,14H,7,18H2. The molecule has 0 spiro atoms. The Kier molecular flexibility index (Phi) is 4.75. The van der Waals surface area contributed by atoms with Gasteiger partial charge in [-0.3, -0.25) is 0 Å². The van der Waals surface area contributed by atoms with Crippen LogP contribution in [0.25, 0.3) is 0 Å². The van der Waals surface area contributed by atoms with Gasteiger partial charge in [0.15, 0.2) is 0 Å². The Bertz CT molecular complexity index is 542. The molecule has 1 nitrogen and oxygen atoms in total. The van der Waals surface area contributed by atoms with E-state index in [9.17, 15) is 4.39 Å². The molecule has 1 atom stereocenters. The molecule has 0 heterocycles. The van der Waals surface area contributed by atoms with Crippen molar-refractivity contribution in [3.63, 3.8) is 0 Å². The Hall–Kier alpha value is -0.460. The molecule has 2 aromatic rings. The molecule has 2 N–H and O–H groups in total. The van der Waals surface area contributed by atoms with Crippen LogP contribution in [0.4, 0.5) is 4.39 Å². The van der Waals surface area contributed by atoms with Crippen molar-refractivity contribution in [2.45, 2.75) is 12.5 Å². The van der Waals surface area contributed by atoms with Gasteiger partial charge in [-0.25, -0.2) is 4.39 Å². The summed E-state index contributed by atoms with van der Waals surface area (Å²) in [7, 11) is 0. The highest BCUT2D eigenvalue weighted by Crippen LogP contribution is 2.25. The second-order valence-corrected chi connectivity index (χ2v) is 6.20. The Morgan fingerprint density at radius 1 is 1.17 bits per heavy atom. The van der Waals surface area contributed by atoms with Gasteiger partial charge in [-0.2, -0.15) is 0 Å². The van der Waals surface area contributed by atoms with Crippen molar-refractivity contribution < 1.29 is 4.39 Å². The predicted octanol–water partition coefficient (Wildman–Crippen LogP) is 4.44. The molecule has 0 fully saturated rings. The maximum atomic E-state index is 13.2. The maximum absolute atomic E-state index is 13.2. The van der Waals surface area contributed by atoms with E-state index < -0.39 is 0 Å². The zero-order valence-electron chi connectivity index (χ0n) is 9.54. The lowest BCUT2D eigenvalue weighted by atomic mass is 10.00. The van der Waals surface area contributed by atoms with Crippen LogP contribution in [0.5, 0.6) is 0 Å². The number of hydrogen-bond donors (Lipinski definition) is 1. The van der Waals surface area contributed by atoms with Crippen molar-refractivity contribution in [2.75, 3.05) is 0 Å². The van der Waals surface area contributed by atoms with Crippen LogP contribution in [0.2, 0.25) is 0 Å². The van der Waals surface area contributed by atoms with Gasteiger partial charge in [-0.1, -0.05) is 28.1 Å². The van der Waals surface area contributed by atoms with E-state index in [0.29, 0.717) is 6.42 Å². The fourth-order valence-corrected chi connectivity index (χ4v) is 2.68. The summed E-state index contributed by atoms with van der Waals surface area (Å²) < 4.78 is 15.3. The summed E-state index contributed by atoms with van der Waals surface area (Å²) in [5, 5.41) is 0. The van der Waals surface area contributed by atoms with Gasteiger partial charge in [-0.05, 0) is 70.5 Å². The number of benzene rings is 2. The summed E-state index contributed by atoms with van der Waals surface area (Å²) in [5.74, 6) is -0.258. The smallest absolute Gasteiger partial charge is 0.123 e. The minimum atomic E-state index is -0.258. The van der Waals surface area contributed by atoms with Crippen LogP contribution in [0.15, 0.2) is 46.9 Å². The van der Waals surface area contributed by atoms with Crippen molar-refractivity contribution >= 4 is 38.5 Å². The molecular formula is C14H12BrFIN. The van der Waals surface area contributed by atoms with Crippen LogP contribution in [0, 0.1) is 9.39 Å². The molecule has 0 radical (unpaired) electrons. The van der Waals surface area contributed by atoms with Gasteiger partial charge in [-0.15, -0.1) is 0 Å². The van der Waals surface area contributed by atoms with E-state index in [1.54, 1.807) is 6.07 Å². The Morgan fingerprint density at radius 2 is 1.83 bits per heavy atom. The second-order valence-electron chi connectivity index (χ2n) is 4.10. The number of hydrogen-bond acceptors (Lipinski definition) is 1. The average Bonchev–Trinajstić information content (AvgIpc) is 2.35. The molecule has 4 heteroatoms. The fourth-order valence-electron chi connectivity index (χ4n) is 1.78. The molecule has 2 aromatic carbocycles. The average molecular weight is 420 g/mol. The summed E-state index contributed by atoms with van der Waals surface area (Å²) in [4.78, 5) is 0. The van der Waals surface area contributed by atoms with Crippen molar-refractivity contribution in [1.29, 1.82) is 0 Å². The molecule has 18 heavy (non-hydrogen) atoms. The van der Waals surface area contributed by atoms with Crippen LogP contribution >= 0.6 is 38.5 Å². The molecule has 0 aromatic heterocycles. The van der Waals surface area contributed by atoms with E-state index in [4.69, 9.17) is 5.73 Å². The predicted molar refractivity (Wildman–Crippen MR) is 83.9 cm³/mol. The van der Waals surface area contributed by atoms with Gasteiger partial charge in [0.05, 0.1) is 0 Å². The first-order valence-electron chi connectivity index (χ1n) is 5.51. The first-order valence-corrected chi connectivity index (χ1v) is 7.38. The van der Waals surface area contributed by atoms with E-state index in [-0.39, 0.29) is 11.9 Å². The summed E-state index contributed by atoms with van der Waals surface area (Å²) in [6, 6.07) is 12.6. The molecule has 2 rings (SSSR count). The minimum Gasteiger partial charge on any atom is -0.324 e. The lowest BCUT2D eigenvalue weighted by molar-refractivity contribution is 0.617. The number of nitrogens with two attached hydrogens (primary N) is 1. The Labute approximate surface area is 128 Å². The number of rotatable bonds is 3. The fraction of sp³-hybridized carbons (Fsp3) is 0.143. The minimum absolute atomic E-state index is 0.213. The van der Waals surface area contributed by atoms with E-state index in [2.05, 4.69) is 50.7 Å². The monoisotopic (exact) mass is 419 g/mol. The van der Waals surface area contributed by atoms with Crippen molar-refractivity contribution in [2.24, 2.45) is 5.73 Å². The van der Waals surface area contributed by atoms with Crippen LogP contribution in [0.3, 0.4) is 0 Å². The first-order chi connectivity index (χ1) is 8.56. The number of halogens is 3. The van der Waals surface area contributed by atoms with Gasteiger partial charge in [0, 0.05) is 14.1 Å². The second kappa shape index (κ2) is 6.12. The van der Waals surface area contributed by atoms with E-state index >= 15 is 0 Å². The normalized spacial score (nSPS) is 12.4. The molecule has 0 saturated carbocycles. The molecule has 0 bridgehead atoms. The quantitative estimate of drug-likeness (QED) is 0.731. The van der Waals surface area contributed by atoms with Gasteiger partial charge >= 0.3 is 0 Å². The third-order valence-corrected chi connectivity index (χ3v) is 4.17. The molecule has 0 saturated heterocycles. The van der Waals surface area contributed by atoms with E-state index in [1.165, 1.54) is 15.7 Å². The molecule has 0 amide bonds. The van der Waals surface area contributed by atoms with Crippen molar-refractivity contribution in [1.82, 2.24) is 0 Å². The van der Waals surface area contributed by atoms with Crippen LogP contribution < -0.4 is 5.73 Å². The SMILES string of the molecule is NC(Cc1ccc(I)cc1)c1cc(F)ccc1Br. The molecule has 1 unspecified atom stereocenters. The molecule has 0 aliphatic rings. The van der Waals surface area contributed by atoms with Gasteiger partial charge in [0.1, 0.15) is 5.82 Å². The van der Waals surface area contributed by atoms with E-state index in [1.807, 2.05) is 12.1 Å². The third kappa shape index (κ3) is 3.52. The Morgan fingerprint density at radius 3 is 2.50 bits per heavy atom. The molecule has 94 valence electrons. The molecular weight excluding hydrogens is 408 g/mol. The summed E-state index contributed by atoms with van der Waals surface area (Å²) in [6.45, 7) is 0. The summed E-state index contributed by atoms with van der Waals surface area (Å²) in [5.41, 5.74) is 8.09. The first kappa shape index (κ1) is 14.0. The largest absolute Gasteiger partial charge is 0.324 e. The van der Waals surface area contributed by atoms with Crippen LogP contribution in [0.1, 0.15) is 17.2 Å². The zero-order chi connectivity index (χ0) is 13.1. The Balaban J connectivity index is 2.18. The molecule has 0 aliphatic heterocycles. The van der Waals surface area contributed by atoms with Crippen LogP contribution in [-0.4, -0.2) is 0 Å². The van der Waals surface area contributed by atoms with Crippen molar-refractivity contribution in [3.05, 3.63) is 67.5 Å².